The lowest BCUT2D eigenvalue weighted by Gasteiger charge is -2.16. The smallest absolute Gasteiger partial charge is 0.208 e. The molecule has 1 fully saturated rings. The van der Waals surface area contributed by atoms with Crippen LogP contribution in [0.4, 0.5) is 5.82 Å². The fourth-order valence-electron chi connectivity index (χ4n) is 2.70. The number of rotatable bonds is 4. The molecule has 9 heteroatoms. The van der Waals surface area contributed by atoms with Crippen LogP contribution in [0.2, 0.25) is 0 Å². The largest absolute Gasteiger partial charge is 0.394 e. The predicted octanol–water partition coefficient (Wildman–Crippen LogP) is -0.438. The van der Waals surface area contributed by atoms with Gasteiger partial charge >= 0.3 is 0 Å². The average Bonchev–Trinajstić information content (AvgIpc) is 3.14. The predicted molar refractivity (Wildman–Crippen MR) is 89.1 cm³/mol. The highest BCUT2D eigenvalue weighted by Crippen LogP contribution is 2.31. The second kappa shape index (κ2) is 7.33. The highest BCUT2D eigenvalue weighted by atomic mass is 16.6. The SMILES string of the molecule is CCCCC#Cc1nc(N)c2ncn(C3OC(CO)C(O)C3O)c2n1. The highest BCUT2D eigenvalue weighted by Gasteiger charge is 2.44. The third-order valence-corrected chi connectivity index (χ3v) is 4.10. The molecular weight excluding hydrogens is 326 g/mol. The summed E-state index contributed by atoms with van der Waals surface area (Å²) < 4.78 is 6.98. The minimum atomic E-state index is -1.23. The van der Waals surface area contributed by atoms with E-state index >= 15 is 0 Å². The number of nitrogen functional groups attached to an aromatic ring is 1. The Hall–Kier alpha value is -2.25. The number of aliphatic hydroxyl groups is 3. The number of unbranched alkanes of at least 4 members (excludes halogenated alkanes) is 2. The van der Waals surface area contributed by atoms with Crippen LogP contribution in [0.5, 0.6) is 0 Å². The van der Waals surface area contributed by atoms with Crippen LogP contribution in [-0.4, -0.2) is 59.8 Å². The number of ether oxygens (including phenoxy) is 1. The van der Waals surface area contributed by atoms with Gasteiger partial charge in [0.25, 0.3) is 0 Å². The summed E-state index contributed by atoms with van der Waals surface area (Å²) in [4.78, 5) is 12.6. The molecule has 0 radical (unpaired) electrons. The molecule has 0 amide bonds. The van der Waals surface area contributed by atoms with Crippen LogP contribution >= 0.6 is 0 Å². The molecule has 1 aliphatic heterocycles. The van der Waals surface area contributed by atoms with Crippen LogP contribution in [-0.2, 0) is 4.74 Å². The quantitative estimate of drug-likeness (QED) is 0.431. The van der Waals surface area contributed by atoms with E-state index in [2.05, 4.69) is 33.7 Å². The molecule has 0 aromatic carbocycles. The fourth-order valence-corrected chi connectivity index (χ4v) is 2.70. The van der Waals surface area contributed by atoms with E-state index in [4.69, 9.17) is 10.5 Å². The molecule has 0 bridgehead atoms. The summed E-state index contributed by atoms with van der Waals surface area (Å²) in [5.41, 5.74) is 6.63. The Morgan fingerprint density at radius 2 is 2.12 bits per heavy atom. The Bertz CT molecular complexity index is 812. The fraction of sp³-hybridized carbons (Fsp3) is 0.562. The maximum Gasteiger partial charge on any atom is 0.208 e. The second-order valence-electron chi connectivity index (χ2n) is 5.89. The van der Waals surface area contributed by atoms with Gasteiger partial charge in [0.05, 0.1) is 12.9 Å². The van der Waals surface area contributed by atoms with Crippen molar-refractivity contribution in [2.75, 3.05) is 12.3 Å². The first-order chi connectivity index (χ1) is 12.1. The van der Waals surface area contributed by atoms with E-state index in [9.17, 15) is 15.3 Å². The van der Waals surface area contributed by atoms with E-state index in [1.165, 1.54) is 10.9 Å². The molecule has 2 aromatic heterocycles. The van der Waals surface area contributed by atoms with E-state index in [0.29, 0.717) is 11.2 Å². The summed E-state index contributed by atoms with van der Waals surface area (Å²) in [6.45, 7) is 1.67. The topological polar surface area (TPSA) is 140 Å². The zero-order chi connectivity index (χ0) is 18.0. The molecular formula is C16H21N5O4. The lowest BCUT2D eigenvalue weighted by molar-refractivity contribution is -0.0511. The third kappa shape index (κ3) is 3.29. The van der Waals surface area contributed by atoms with Gasteiger partial charge in [0, 0.05) is 6.42 Å². The van der Waals surface area contributed by atoms with E-state index in [0.717, 1.165) is 19.3 Å². The number of fused-ring (bicyclic) bond motifs is 1. The lowest BCUT2D eigenvalue weighted by atomic mass is 10.1. The molecule has 3 heterocycles. The van der Waals surface area contributed by atoms with Crippen molar-refractivity contribution in [2.24, 2.45) is 0 Å². The minimum Gasteiger partial charge on any atom is -0.394 e. The second-order valence-corrected chi connectivity index (χ2v) is 5.89. The molecule has 5 N–H and O–H groups in total. The maximum absolute atomic E-state index is 10.2. The number of aliphatic hydroxyl groups excluding tert-OH is 3. The third-order valence-electron chi connectivity index (χ3n) is 4.10. The van der Waals surface area contributed by atoms with Crippen LogP contribution < -0.4 is 5.73 Å². The van der Waals surface area contributed by atoms with Crippen LogP contribution in [0.1, 0.15) is 38.2 Å². The molecule has 2 aromatic rings. The number of anilines is 1. The standard InChI is InChI=1S/C16H21N5O4/c1-2-3-4-5-6-10-19-14(17)11-15(20-10)21(8-18-11)16-13(24)12(23)9(7-22)25-16/h8-9,12-13,16,22-24H,2-4,7H2,1H3,(H2,17,19,20). The summed E-state index contributed by atoms with van der Waals surface area (Å²) in [7, 11) is 0. The molecule has 1 saturated heterocycles. The van der Waals surface area contributed by atoms with E-state index in [1.807, 2.05) is 0 Å². The van der Waals surface area contributed by atoms with Gasteiger partial charge in [-0.3, -0.25) is 4.57 Å². The van der Waals surface area contributed by atoms with Gasteiger partial charge in [-0.15, -0.1) is 0 Å². The Morgan fingerprint density at radius 1 is 1.32 bits per heavy atom. The van der Waals surface area contributed by atoms with Crippen LogP contribution in [0.3, 0.4) is 0 Å². The number of nitrogens with two attached hydrogens (primary N) is 1. The number of imidazole rings is 1. The monoisotopic (exact) mass is 347 g/mol. The molecule has 0 aliphatic carbocycles. The van der Waals surface area contributed by atoms with Gasteiger partial charge in [-0.25, -0.2) is 15.0 Å². The number of hydrogen-bond acceptors (Lipinski definition) is 8. The van der Waals surface area contributed by atoms with Crippen LogP contribution in [0, 0.1) is 11.8 Å². The van der Waals surface area contributed by atoms with Crippen molar-refractivity contribution in [1.29, 1.82) is 0 Å². The Labute approximate surface area is 144 Å². The molecule has 25 heavy (non-hydrogen) atoms. The molecule has 134 valence electrons. The number of nitrogens with zero attached hydrogens (tertiary/aromatic N) is 4. The van der Waals surface area contributed by atoms with Gasteiger partial charge in [0.1, 0.15) is 23.8 Å². The Morgan fingerprint density at radius 3 is 2.80 bits per heavy atom. The summed E-state index contributed by atoms with van der Waals surface area (Å²) in [6, 6.07) is 0. The summed E-state index contributed by atoms with van der Waals surface area (Å²) in [5.74, 6) is 6.30. The zero-order valence-corrected chi connectivity index (χ0v) is 13.8. The summed E-state index contributed by atoms with van der Waals surface area (Å²) in [6.07, 6.45) is -0.0713. The van der Waals surface area contributed by atoms with Crippen LogP contribution in [0.15, 0.2) is 6.33 Å². The van der Waals surface area contributed by atoms with Crippen molar-refractivity contribution in [1.82, 2.24) is 19.5 Å². The van der Waals surface area contributed by atoms with Crippen LogP contribution in [0.25, 0.3) is 11.2 Å². The Kier molecular flexibility index (Phi) is 5.15. The zero-order valence-electron chi connectivity index (χ0n) is 13.8. The first kappa shape index (κ1) is 17.6. The maximum atomic E-state index is 10.2. The first-order valence-electron chi connectivity index (χ1n) is 8.18. The van der Waals surface area contributed by atoms with Gasteiger partial charge < -0.3 is 25.8 Å². The molecule has 3 rings (SSSR count). The van der Waals surface area contributed by atoms with Crippen molar-refractivity contribution in [3.8, 4) is 11.8 Å². The highest BCUT2D eigenvalue weighted by molar-refractivity contribution is 5.82. The van der Waals surface area contributed by atoms with Gasteiger partial charge in [-0.2, -0.15) is 0 Å². The van der Waals surface area contributed by atoms with Gasteiger partial charge in [-0.1, -0.05) is 19.3 Å². The first-order valence-corrected chi connectivity index (χ1v) is 8.18. The molecule has 1 aliphatic rings. The van der Waals surface area contributed by atoms with Crippen molar-refractivity contribution in [3.63, 3.8) is 0 Å². The average molecular weight is 347 g/mol. The molecule has 4 unspecified atom stereocenters. The van der Waals surface area contributed by atoms with Crippen molar-refractivity contribution in [3.05, 3.63) is 12.2 Å². The van der Waals surface area contributed by atoms with E-state index < -0.39 is 31.1 Å². The van der Waals surface area contributed by atoms with Gasteiger partial charge in [0.2, 0.25) is 5.82 Å². The Balaban J connectivity index is 1.97. The van der Waals surface area contributed by atoms with Crippen molar-refractivity contribution >= 4 is 17.0 Å². The molecule has 4 atom stereocenters. The summed E-state index contributed by atoms with van der Waals surface area (Å²) >= 11 is 0. The van der Waals surface area contributed by atoms with E-state index in [-0.39, 0.29) is 11.6 Å². The normalized spacial score (nSPS) is 25.9. The van der Waals surface area contributed by atoms with Gasteiger partial charge in [0.15, 0.2) is 17.7 Å². The van der Waals surface area contributed by atoms with E-state index in [1.54, 1.807) is 0 Å². The summed E-state index contributed by atoms with van der Waals surface area (Å²) in [5, 5.41) is 29.3. The van der Waals surface area contributed by atoms with Crippen molar-refractivity contribution in [2.45, 2.75) is 50.7 Å². The number of hydrogen-bond donors (Lipinski definition) is 4. The van der Waals surface area contributed by atoms with Crippen molar-refractivity contribution < 1.29 is 20.1 Å². The van der Waals surface area contributed by atoms with Gasteiger partial charge in [-0.05, 0) is 12.3 Å². The minimum absolute atomic E-state index is 0.176. The molecule has 0 saturated carbocycles. The molecule has 0 spiro atoms. The number of aromatic nitrogens is 4. The lowest BCUT2D eigenvalue weighted by Crippen LogP contribution is -2.33. The molecule has 9 nitrogen and oxygen atoms in total.